The lowest BCUT2D eigenvalue weighted by molar-refractivity contribution is 0.175. The third-order valence-electron chi connectivity index (χ3n) is 4.41. The molecule has 1 heterocycles. The first-order chi connectivity index (χ1) is 9.58. The summed E-state index contributed by atoms with van der Waals surface area (Å²) in [4.78, 5) is 2.63. The predicted molar refractivity (Wildman–Crippen MR) is 87.2 cm³/mol. The van der Waals surface area contributed by atoms with Crippen molar-refractivity contribution in [1.29, 1.82) is 0 Å². The molecule has 1 fully saturated rings. The molecule has 1 atom stereocenters. The van der Waals surface area contributed by atoms with Crippen LogP contribution in [-0.2, 0) is 0 Å². The lowest BCUT2D eigenvalue weighted by Gasteiger charge is -2.33. The van der Waals surface area contributed by atoms with Crippen LogP contribution in [0.25, 0.3) is 0 Å². The fraction of sp³-hybridized carbons (Fsp3) is 0.667. The molecule has 0 bridgehead atoms. The molecule has 2 heteroatoms. The molecule has 1 aromatic carbocycles. The number of benzene rings is 1. The summed E-state index contributed by atoms with van der Waals surface area (Å²) < 4.78 is 0. The number of likely N-dealkylation sites (tertiary alicyclic amines) is 1. The SMILES string of the molecule is CCNC(CN1CCC(C)CC1)c1cc(C)cc(C)c1. The van der Waals surface area contributed by atoms with Crippen LogP contribution < -0.4 is 5.32 Å². The van der Waals surface area contributed by atoms with E-state index in [9.17, 15) is 0 Å². The van der Waals surface area contributed by atoms with Crippen molar-refractivity contribution in [1.82, 2.24) is 10.2 Å². The highest BCUT2D eigenvalue weighted by Crippen LogP contribution is 2.22. The average Bonchev–Trinajstić information content (AvgIpc) is 2.39. The molecule has 0 amide bonds. The van der Waals surface area contributed by atoms with Gasteiger partial charge < -0.3 is 10.2 Å². The van der Waals surface area contributed by atoms with Gasteiger partial charge in [0.1, 0.15) is 0 Å². The van der Waals surface area contributed by atoms with E-state index >= 15 is 0 Å². The Hall–Kier alpha value is -0.860. The Bertz CT molecular complexity index is 399. The van der Waals surface area contributed by atoms with E-state index in [1.54, 1.807) is 0 Å². The summed E-state index contributed by atoms with van der Waals surface area (Å²) in [5.74, 6) is 0.907. The van der Waals surface area contributed by atoms with Gasteiger partial charge in [0, 0.05) is 12.6 Å². The molecule has 0 aliphatic carbocycles. The molecule has 0 aromatic heterocycles. The van der Waals surface area contributed by atoms with Crippen molar-refractivity contribution in [3.05, 3.63) is 34.9 Å². The fourth-order valence-corrected chi connectivity index (χ4v) is 3.25. The molecule has 2 rings (SSSR count). The Morgan fingerprint density at radius 2 is 1.75 bits per heavy atom. The normalized spacial score (nSPS) is 19.2. The number of piperidine rings is 1. The van der Waals surface area contributed by atoms with Crippen molar-refractivity contribution in [2.75, 3.05) is 26.2 Å². The van der Waals surface area contributed by atoms with Gasteiger partial charge >= 0.3 is 0 Å². The van der Waals surface area contributed by atoms with Gasteiger partial charge in [0.2, 0.25) is 0 Å². The van der Waals surface area contributed by atoms with E-state index in [1.807, 2.05) is 0 Å². The van der Waals surface area contributed by atoms with Crippen molar-refractivity contribution in [2.45, 2.75) is 46.6 Å². The predicted octanol–water partition coefficient (Wildman–Crippen LogP) is 3.69. The summed E-state index contributed by atoms with van der Waals surface area (Å²) in [6.07, 6.45) is 2.71. The average molecular weight is 274 g/mol. The highest BCUT2D eigenvalue weighted by atomic mass is 15.2. The molecule has 2 nitrogen and oxygen atoms in total. The molecule has 20 heavy (non-hydrogen) atoms. The zero-order valence-electron chi connectivity index (χ0n) is 13.6. The Morgan fingerprint density at radius 3 is 2.30 bits per heavy atom. The number of hydrogen-bond acceptors (Lipinski definition) is 2. The Morgan fingerprint density at radius 1 is 1.15 bits per heavy atom. The third kappa shape index (κ3) is 4.32. The van der Waals surface area contributed by atoms with Crippen molar-refractivity contribution in [2.24, 2.45) is 5.92 Å². The van der Waals surface area contributed by atoms with Crippen LogP contribution in [-0.4, -0.2) is 31.1 Å². The van der Waals surface area contributed by atoms with Gasteiger partial charge in [-0.25, -0.2) is 0 Å². The van der Waals surface area contributed by atoms with E-state index in [4.69, 9.17) is 0 Å². The third-order valence-corrected chi connectivity index (χ3v) is 4.41. The molecule has 1 unspecified atom stereocenters. The zero-order valence-corrected chi connectivity index (χ0v) is 13.6. The van der Waals surface area contributed by atoms with Crippen LogP contribution in [0.2, 0.25) is 0 Å². The molecular formula is C18H30N2. The second kappa shape index (κ2) is 7.24. The monoisotopic (exact) mass is 274 g/mol. The minimum absolute atomic E-state index is 0.465. The largest absolute Gasteiger partial charge is 0.309 e. The molecule has 1 aliphatic rings. The molecule has 1 aliphatic heterocycles. The van der Waals surface area contributed by atoms with Crippen LogP contribution in [0.1, 0.15) is 49.4 Å². The quantitative estimate of drug-likeness (QED) is 0.881. The standard InChI is InChI=1S/C18H30N2/c1-5-19-18(13-20-8-6-14(2)7-9-20)17-11-15(3)10-16(4)12-17/h10-12,14,18-19H,5-9,13H2,1-4H3. The molecule has 1 N–H and O–H groups in total. The fourth-order valence-electron chi connectivity index (χ4n) is 3.25. The first-order valence-corrected chi connectivity index (χ1v) is 8.12. The van der Waals surface area contributed by atoms with Gasteiger partial charge in [-0.05, 0) is 57.8 Å². The van der Waals surface area contributed by atoms with Crippen molar-refractivity contribution < 1.29 is 0 Å². The zero-order chi connectivity index (χ0) is 14.5. The maximum atomic E-state index is 3.67. The van der Waals surface area contributed by atoms with Crippen LogP contribution in [0.3, 0.4) is 0 Å². The lowest BCUT2D eigenvalue weighted by Crippen LogP contribution is -2.39. The van der Waals surface area contributed by atoms with Crippen LogP contribution >= 0.6 is 0 Å². The maximum Gasteiger partial charge on any atom is 0.0449 e. The Kier molecular flexibility index (Phi) is 5.62. The molecule has 112 valence electrons. The van der Waals surface area contributed by atoms with Crippen LogP contribution in [0.15, 0.2) is 18.2 Å². The number of rotatable bonds is 5. The van der Waals surface area contributed by atoms with E-state index in [-0.39, 0.29) is 0 Å². The van der Waals surface area contributed by atoms with Gasteiger partial charge in [0.15, 0.2) is 0 Å². The van der Waals surface area contributed by atoms with E-state index in [2.05, 4.69) is 56.1 Å². The number of likely N-dealkylation sites (N-methyl/N-ethyl adjacent to an activating group) is 1. The van der Waals surface area contributed by atoms with Gasteiger partial charge in [-0.15, -0.1) is 0 Å². The second-order valence-corrected chi connectivity index (χ2v) is 6.51. The molecule has 0 saturated carbocycles. The second-order valence-electron chi connectivity index (χ2n) is 6.51. The van der Waals surface area contributed by atoms with Crippen molar-refractivity contribution in [3.63, 3.8) is 0 Å². The number of hydrogen-bond donors (Lipinski definition) is 1. The Balaban J connectivity index is 2.06. The summed E-state index contributed by atoms with van der Waals surface area (Å²) in [7, 11) is 0. The van der Waals surface area contributed by atoms with Crippen molar-refractivity contribution >= 4 is 0 Å². The molecule has 1 aromatic rings. The summed E-state index contributed by atoms with van der Waals surface area (Å²) in [5, 5.41) is 3.67. The van der Waals surface area contributed by atoms with Gasteiger partial charge in [-0.1, -0.05) is 43.2 Å². The maximum absolute atomic E-state index is 3.67. The van der Waals surface area contributed by atoms with Crippen molar-refractivity contribution in [3.8, 4) is 0 Å². The highest BCUT2D eigenvalue weighted by molar-refractivity contribution is 5.31. The van der Waals surface area contributed by atoms with E-state index in [1.165, 1.54) is 42.6 Å². The molecule has 1 saturated heterocycles. The van der Waals surface area contributed by atoms with Gasteiger partial charge in [-0.2, -0.15) is 0 Å². The van der Waals surface area contributed by atoms with E-state index in [0.717, 1.165) is 19.0 Å². The number of nitrogens with one attached hydrogen (secondary N) is 1. The van der Waals surface area contributed by atoms with Gasteiger partial charge in [-0.3, -0.25) is 0 Å². The first-order valence-electron chi connectivity index (χ1n) is 8.12. The number of nitrogens with zero attached hydrogens (tertiary/aromatic N) is 1. The smallest absolute Gasteiger partial charge is 0.0449 e. The van der Waals surface area contributed by atoms with Gasteiger partial charge in [0.25, 0.3) is 0 Å². The van der Waals surface area contributed by atoms with Crippen LogP contribution in [0.4, 0.5) is 0 Å². The summed E-state index contributed by atoms with van der Waals surface area (Å²) in [5.41, 5.74) is 4.19. The van der Waals surface area contributed by atoms with Gasteiger partial charge in [0.05, 0.1) is 0 Å². The van der Waals surface area contributed by atoms with Crippen LogP contribution in [0, 0.1) is 19.8 Å². The molecule has 0 radical (unpaired) electrons. The summed E-state index contributed by atoms with van der Waals surface area (Å²) in [6.45, 7) is 13.7. The topological polar surface area (TPSA) is 15.3 Å². The minimum Gasteiger partial charge on any atom is -0.309 e. The van der Waals surface area contributed by atoms with E-state index < -0.39 is 0 Å². The lowest BCUT2D eigenvalue weighted by atomic mass is 9.97. The molecule has 0 spiro atoms. The number of aryl methyl sites for hydroxylation is 2. The molecular weight excluding hydrogens is 244 g/mol. The van der Waals surface area contributed by atoms with Crippen LogP contribution in [0.5, 0.6) is 0 Å². The highest BCUT2D eigenvalue weighted by Gasteiger charge is 2.20. The summed E-state index contributed by atoms with van der Waals surface area (Å²) >= 11 is 0. The van der Waals surface area contributed by atoms with E-state index in [0.29, 0.717) is 6.04 Å². The minimum atomic E-state index is 0.465. The first kappa shape index (κ1) is 15.5. The summed E-state index contributed by atoms with van der Waals surface area (Å²) in [6, 6.07) is 7.40. The Labute approximate surface area is 124 Å².